The van der Waals surface area contributed by atoms with E-state index in [0.29, 0.717) is 35.5 Å². The van der Waals surface area contributed by atoms with Crippen LogP contribution in [0.3, 0.4) is 0 Å². The smallest absolute Gasteiger partial charge is 0.870 e. The van der Waals surface area contributed by atoms with Crippen LogP contribution in [0, 0.1) is 0 Å². The van der Waals surface area contributed by atoms with Gasteiger partial charge in [0, 0.05) is 0 Å². The number of benzene rings is 4. The second-order valence-electron chi connectivity index (χ2n) is 16.9. The van der Waals surface area contributed by atoms with Crippen molar-refractivity contribution in [1.29, 1.82) is 0 Å². The molecule has 0 amide bonds. The molecular formula is C52H74CaO10S2. The van der Waals surface area contributed by atoms with Crippen molar-refractivity contribution in [3.63, 3.8) is 0 Å². The Balaban J connectivity index is 0.000000440. The zero-order chi connectivity index (χ0) is 46.5. The third-order valence-electron chi connectivity index (χ3n) is 11.3. The van der Waals surface area contributed by atoms with Crippen LogP contribution in [-0.2, 0) is 33.1 Å². The number of aryl methyl sites for hydroxylation is 2. The zero-order valence-corrected chi connectivity index (χ0v) is 43.0. The van der Waals surface area contributed by atoms with Gasteiger partial charge in [-0.1, -0.05) is 203 Å². The Morgan fingerprint density at radius 3 is 1.18 bits per heavy atom. The number of para-hydroxylation sites is 2. The molecule has 65 heavy (non-hydrogen) atoms. The van der Waals surface area contributed by atoms with Gasteiger partial charge in [0.2, 0.25) is 0 Å². The number of unbranched alkanes of at least 4 members (excludes halogenated alkanes) is 22. The largest absolute Gasteiger partial charge is 2.00 e. The second-order valence-corrected chi connectivity index (χ2v) is 19.6. The summed E-state index contributed by atoms with van der Waals surface area (Å²) >= 11 is 0. The number of phenols is 1. The van der Waals surface area contributed by atoms with Crippen molar-refractivity contribution < 1.29 is 45.6 Å². The van der Waals surface area contributed by atoms with Gasteiger partial charge in [0.05, 0.1) is 4.90 Å². The fraction of sp³-hybridized carbons (Fsp3) is 0.538. The Morgan fingerprint density at radius 2 is 0.815 bits per heavy atom. The fourth-order valence-corrected chi connectivity index (χ4v) is 9.04. The van der Waals surface area contributed by atoms with Gasteiger partial charge in [-0.2, -0.15) is 8.42 Å². The zero-order valence-electron chi connectivity index (χ0n) is 39.2. The normalized spacial score (nSPS) is 11.4. The van der Waals surface area contributed by atoms with Crippen molar-refractivity contribution in [2.24, 2.45) is 0 Å². The van der Waals surface area contributed by atoms with E-state index in [0.717, 1.165) is 38.5 Å². The van der Waals surface area contributed by atoms with E-state index < -0.39 is 41.5 Å². The summed E-state index contributed by atoms with van der Waals surface area (Å²) in [7, 11) is -9.37. The van der Waals surface area contributed by atoms with Crippen LogP contribution in [-0.4, -0.2) is 68.8 Å². The molecule has 0 fully saturated rings. The maximum atomic E-state index is 12.5. The number of phenolic OH excluding ortho intramolecular Hbond substituents is 1. The van der Waals surface area contributed by atoms with E-state index in [9.17, 15) is 36.2 Å². The summed E-state index contributed by atoms with van der Waals surface area (Å²) in [5, 5.41) is 22.9. The van der Waals surface area contributed by atoms with E-state index in [1.165, 1.54) is 140 Å². The molecule has 13 heteroatoms. The first kappa shape index (κ1) is 58.3. The van der Waals surface area contributed by atoms with Gasteiger partial charge in [-0.3, -0.25) is 4.55 Å². The standard InChI is InChI=1S/2C26H38O5S.Ca/c2*1-2-3-4-5-6-7-8-9-10-11-12-14-17-22-20-24(27)26(25(21-22)32(28,29)30)31-23-18-15-13-16-19-23;/h2*13,15-16,18-21,27H,2-12,14,17H2,1H3,(H,28,29,30);/q;;+2/p-2. The predicted molar refractivity (Wildman–Crippen MR) is 260 cm³/mol. The summed E-state index contributed by atoms with van der Waals surface area (Å²) < 4.78 is 79.7. The molecule has 4 aromatic rings. The Hall–Kier alpha value is -2.84. The molecule has 0 aromatic heterocycles. The number of hydrogen-bond acceptors (Lipinski definition) is 9. The van der Waals surface area contributed by atoms with Gasteiger partial charge in [-0.05, 0) is 79.3 Å². The van der Waals surface area contributed by atoms with E-state index in [1.54, 1.807) is 60.7 Å². The average molecular weight is 963 g/mol. The Labute approximate surface area is 421 Å². The minimum atomic E-state index is -4.83. The van der Waals surface area contributed by atoms with Gasteiger partial charge in [0.15, 0.2) is 11.5 Å². The van der Waals surface area contributed by atoms with Crippen LogP contribution in [0.2, 0.25) is 0 Å². The van der Waals surface area contributed by atoms with Crippen LogP contribution in [0.15, 0.2) is 94.7 Å². The molecule has 0 spiro atoms. The summed E-state index contributed by atoms with van der Waals surface area (Å²) in [6.07, 6.45) is 30.9. The topological polar surface area (TPSA) is 173 Å². The van der Waals surface area contributed by atoms with Gasteiger partial charge < -0.3 is 24.2 Å². The Morgan fingerprint density at radius 1 is 0.477 bits per heavy atom. The summed E-state index contributed by atoms with van der Waals surface area (Å²) in [6.45, 7) is 4.48. The number of hydrogen-bond donors (Lipinski definition) is 2. The number of aromatic hydroxyl groups is 1. The summed E-state index contributed by atoms with van der Waals surface area (Å²) in [4.78, 5) is -0.988. The van der Waals surface area contributed by atoms with Crippen molar-refractivity contribution in [3.05, 3.63) is 96.1 Å². The molecule has 0 radical (unpaired) electrons. The van der Waals surface area contributed by atoms with Crippen molar-refractivity contribution in [2.45, 2.75) is 191 Å². The van der Waals surface area contributed by atoms with Gasteiger partial charge in [-0.15, -0.1) is 0 Å². The quantitative estimate of drug-likeness (QED) is 0.0272. The summed E-state index contributed by atoms with van der Waals surface area (Å²) in [5.41, 5.74) is 1.24. The van der Waals surface area contributed by atoms with Crippen LogP contribution in [0.4, 0.5) is 0 Å². The number of rotatable bonds is 32. The van der Waals surface area contributed by atoms with Crippen molar-refractivity contribution in [1.82, 2.24) is 0 Å². The molecule has 356 valence electrons. The minimum Gasteiger partial charge on any atom is -0.870 e. The van der Waals surface area contributed by atoms with Crippen LogP contribution in [0.1, 0.15) is 179 Å². The molecule has 2 N–H and O–H groups in total. The summed E-state index contributed by atoms with van der Waals surface area (Å²) in [6, 6.07) is 22.5. The molecule has 0 bridgehead atoms. The fourth-order valence-electron chi connectivity index (χ4n) is 7.70. The van der Waals surface area contributed by atoms with Gasteiger partial charge in [0.1, 0.15) is 32.3 Å². The first-order chi connectivity index (χ1) is 30.8. The van der Waals surface area contributed by atoms with Crippen LogP contribution < -0.4 is 14.6 Å². The van der Waals surface area contributed by atoms with Crippen LogP contribution in [0.25, 0.3) is 0 Å². The third kappa shape index (κ3) is 24.7. The predicted octanol–water partition coefficient (Wildman–Crippen LogP) is 14.0. The SMILES string of the molecule is CCCCCCCCCCCCCCc1cc(O)c(Oc2ccccc2)c(S(=O)(=O)O)c1.CCCCCCCCCCCCCCc1cc([O-])c(Oc2ccccc2)c(S(=O)(=O)[O-])c1.[Ca+2]. The molecule has 0 unspecified atom stereocenters. The third-order valence-corrected chi connectivity index (χ3v) is 13.0. The molecule has 4 rings (SSSR count). The molecule has 0 aliphatic carbocycles. The van der Waals surface area contributed by atoms with Crippen LogP contribution in [0.5, 0.6) is 34.5 Å². The molecule has 0 saturated carbocycles. The Kier molecular flexibility index (Phi) is 30.1. The van der Waals surface area contributed by atoms with Gasteiger partial charge in [-0.25, -0.2) is 8.42 Å². The maximum absolute atomic E-state index is 12.5. The average Bonchev–Trinajstić information content (AvgIpc) is 3.26. The molecule has 0 saturated heterocycles. The first-order valence-corrected chi connectivity index (χ1v) is 26.8. The molecular weight excluding hydrogens is 889 g/mol. The molecule has 0 heterocycles. The maximum Gasteiger partial charge on any atom is 2.00 e. The van der Waals surface area contributed by atoms with Crippen molar-refractivity contribution >= 4 is 58.0 Å². The van der Waals surface area contributed by atoms with E-state index >= 15 is 0 Å². The van der Waals surface area contributed by atoms with E-state index in [-0.39, 0.29) is 49.2 Å². The molecule has 0 aliphatic rings. The minimum absolute atomic E-state index is 0. The van der Waals surface area contributed by atoms with E-state index in [1.807, 2.05) is 0 Å². The van der Waals surface area contributed by atoms with Crippen LogP contribution >= 0.6 is 0 Å². The Bertz CT molecular complexity index is 1950. The molecule has 4 aromatic carbocycles. The molecule has 0 atom stereocenters. The second kappa shape index (κ2) is 33.6. The van der Waals surface area contributed by atoms with E-state index in [4.69, 9.17) is 9.47 Å². The van der Waals surface area contributed by atoms with Crippen molar-refractivity contribution in [3.8, 4) is 34.5 Å². The van der Waals surface area contributed by atoms with E-state index in [2.05, 4.69) is 13.8 Å². The van der Waals surface area contributed by atoms with Gasteiger partial charge in [0.25, 0.3) is 10.1 Å². The van der Waals surface area contributed by atoms with Crippen molar-refractivity contribution in [2.75, 3.05) is 0 Å². The first-order valence-electron chi connectivity index (χ1n) is 23.9. The number of ether oxygens (including phenoxy) is 2. The molecule has 0 aliphatic heterocycles. The van der Waals surface area contributed by atoms with Gasteiger partial charge >= 0.3 is 37.7 Å². The monoisotopic (exact) mass is 962 g/mol. The summed E-state index contributed by atoms with van der Waals surface area (Å²) in [5.74, 6) is -0.871. The molecule has 10 nitrogen and oxygen atoms in total.